The van der Waals surface area contributed by atoms with Crippen LogP contribution in [0.5, 0.6) is 0 Å². The van der Waals surface area contributed by atoms with E-state index in [1.807, 2.05) is 0 Å². The Labute approximate surface area is 133 Å². The van der Waals surface area contributed by atoms with E-state index >= 15 is 0 Å². The smallest absolute Gasteiger partial charge is 0.275 e. The number of aryl methyl sites for hydroxylation is 1. The fourth-order valence-corrected chi connectivity index (χ4v) is 3.84. The van der Waals surface area contributed by atoms with E-state index in [0.29, 0.717) is 22.6 Å². The van der Waals surface area contributed by atoms with Crippen molar-refractivity contribution >= 4 is 21.4 Å². The normalized spacial score (nSPS) is 17.2. The Morgan fingerprint density at radius 2 is 2.27 bits per heavy atom. The summed E-state index contributed by atoms with van der Waals surface area (Å²) in [6, 6.07) is 1.55. The second-order valence-electron chi connectivity index (χ2n) is 5.93. The fourth-order valence-electron chi connectivity index (χ4n) is 3.01. The van der Waals surface area contributed by atoms with Crippen molar-refractivity contribution in [2.45, 2.75) is 51.6 Å². The molecule has 7 heteroatoms. The number of aliphatic hydroxyl groups excluding tert-OH is 1. The third-order valence-corrected chi connectivity index (χ3v) is 5.08. The summed E-state index contributed by atoms with van der Waals surface area (Å²) in [6.45, 7) is 2.54. The molecule has 1 unspecified atom stereocenters. The molecule has 22 heavy (non-hydrogen) atoms. The molecular formula is C15H22N4O2S. The van der Waals surface area contributed by atoms with E-state index in [-0.39, 0.29) is 11.7 Å². The van der Waals surface area contributed by atoms with Gasteiger partial charge in [-0.15, -0.1) is 5.10 Å². The maximum Gasteiger partial charge on any atom is 0.275 e. The van der Waals surface area contributed by atoms with Crippen molar-refractivity contribution in [2.24, 2.45) is 5.92 Å². The molecule has 2 N–H and O–H groups in total. The number of aliphatic hydroxyl groups is 1. The molecule has 6 nitrogen and oxygen atoms in total. The zero-order valence-electron chi connectivity index (χ0n) is 12.8. The van der Waals surface area contributed by atoms with Crippen molar-refractivity contribution in [3.8, 4) is 0 Å². The molecule has 1 atom stereocenters. The number of nitrogens with one attached hydrogen (secondary N) is 1. The third kappa shape index (κ3) is 3.30. The Kier molecular flexibility index (Phi) is 4.73. The minimum absolute atomic E-state index is 0.144. The highest BCUT2D eigenvalue weighted by Crippen LogP contribution is 2.28. The lowest BCUT2D eigenvalue weighted by atomic mass is 10.0. The lowest BCUT2D eigenvalue weighted by Gasteiger charge is -2.17. The van der Waals surface area contributed by atoms with Gasteiger partial charge in [-0.25, -0.2) is 4.98 Å². The number of rotatable bonds is 6. The van der Waals surface area contributed by atoms with E-state index in [4.69, 9.17) is 0 Å². The minimum Gasteiger partial charge on any atom is -0.391 e. The predicted molar refractivity (Wildman–Crippen MR) is 87.6 cm³/mol. The van der Waals surface area contributed by atoms with Crippen LogP contribution in [-0.2, 0) is 6.42 Å². The second kappa shape index (κ2) is 6.75. The van der Waals surface area contributed by atoms with E-state index in [9.17, 15) is 9.90 Å². The maximum absolute atomic E-state index is 12.0. The summed E-state index contributed by atoms with van der Waals surface area (Å²) in [7, 11) is 0. The molecule has 0 aliphatic heterocycles. The number of nitrogens with zero attached hydrogens (tertiary/aromatic N) is 3. The number of anilines is 1. The van der Waals surface area contributed by atoms with E-state index in [1.165, 1.54) is 28.7 Å². The molecule has 0 spiro atoms. The van der Waals surface area contributed by atoms with Crippen molar-refractivity contribution < 1.29 is 5.11 Å². The van der Waals surface area contributed by atoms with Gasteiger partial charge in [0.2, 0.25) is 10.1 Å². The number of aromatic nitrogens is 3. The van der Waals surface area contributed by atoms with E-state index in [0.717, 1.165) is 31.4 Å². The molecule has 120 valence electrons. The molecule has 1 saturated carbocycles. The molecule has 1 aliphatic carbocycles. The highest BCUT2D eigenvalue weighted by atomic mass is 32.1. The van der Waals surface area contributed by atoms with Crippen LogP contribution in [0.15, 0.2) is 10.9 Å². The van der Waals surface area contributed by atoms with Gasteiger partial charge < -0.3 is 10.4 Å². The van der Waals surface area contributed by atoms with Gasteiger partial charge in [-0.2, -0.15) is 4.52 Å². The fraction of sp³-hybridized carbons (Fsp3) is 0.667. The zero-order valence-corrected chi connectivity index (χ0v) is 13.6. The second-order valence-corrected chi connectivity index (χ2v) is 6.89. The van der Waals surface area contributed by atoms with Gasteiger partial charge in [0, 0.05) is 18.3 Å². The molecule has 1 fully saturated rings. The average molecular weight is 322 g/mol. The van der Waals surface area contributed by atoms with Gasteiger partial charge in [-0.05, 0) is 25.2 Å². The summed E-state index contributed by atoms with van der Waals surface area (Å²) in [5.41, 5.74) is 0.669. The Morgan fingerprint density at radius 3 is 3.00 bits per heavy atom. The van der Waals surface area contributed by atoms with Gasteiger partial charge in [-0.1, -0.05) is 37.5 Å². The third-order valence-electron chi connectivity index (χ3n) is 4.21. The molecule has 0 radical (unpaired) electrons. The molecule has 0 aromatic carbocycles. The van der Waals surface area contributed by atoms with Crippen LogP contribution < -0.4 is 10.9 Å². The first-order valence-corrected chi connectivity index (χ1v) is 8.80. The first-order valence-electron chi connectivity index (χ1n) is 7.99. The van der Waals surface area contributed by atoms with E-state index < -0.39 is 0 Å². The summed E-state index contributed by atoms with van der Waals surface area (Å²) in [6.07, 6.45) is 6.03. The lowest BCUT2D eigenvalue weighted by Crippen LogP contribution is -2.26. The Hall–Kier alpha value is -1.47. The summed E-state index contributed by atoms with van der Waals surface area (Å²) in [4.78, 5) is 17.1. The highest BCUT2D eigenvalue weighted by molar-refractivity contribution is 7.20. The van der Waals surface area contributed by atoms with E-state index in [2.05, 4.69) is 22.3 Å². The zero-order chi connectivity index (χ0) is 15.5. The van der Waals surface area contributed by atoms with Crippen molar-refractivity contribution in [2.75, 3.05) is 11.9 Å². The van der Waals surface area contributed by atoms with Crippen molar-refractivity contribution in [3.63, 3.8) is 0 Å². The van der Waals surface area contributed by atoms with E-state index in [1.54, 1.807) is 6.07 Å². The lowest BCUT2D eigenvalue weighted by molar-refractivity contribution is 0.123. The SMILES string of the molecule is CCCc1cc(=O)n2nc(NCC(O)C3CCCC3)sc2n1. The van der Waals surface area contributed by atoms with Crippen LogP contribution >= 0.6 is 11.3 Å². The Balaban J connectivity index is 1.71. The molecule has 3 rings (SSSR count). The summed E-state index contributed by atoms with van der Waals surface area (Å²) in [5.74, 6) is 0.388. The van der Waals surface area contributed by atoms with Gasteiger partial charge in [0.15, 0.2) is 0 Å². The Morgan fingerprint density at radius 1 is 1.50 bits per heavy atom. The average Bonchev–Trinajstić information content (AvgIpc) is 3.14. The summed E-state index contributed by atoms with van der Waals surface area (Å²) >= 11 is 1.35. The molecule has 2 aromatic rings. The minimum atomic E-state index is -0.352. The highest BCUT2D eigenvalue weighted by Gasteiger charge is 2.23. The van der Waals surface area contributed by atoms with Crippen LogP contribution in [0.4, 0.5) is 5.13 Å². The maximum atomic E-state index is 12.0. The van der Waals surface area contributed by atoms with Crippen LogP contribution in [0, 0.1) is 5.92 Å². The summed E-state index contributed by atoms with van der Waals surface area (Å²) < 4.78 is 1.33. The first kappa shape index (κ1) is 15.4. The quantitative estimate of drug-likeness (QED) is 0.851. The van der Waals surface area contributed by atoms with Crippen LogP contribution in [-0.4, -0.2) is 32.4 Å². The molecule has 1 aliphatic rings. The van der Waals surface area contributed by atoms with Gasteiger partial charge in [0.1, 0.15) is 0 Å². The van der Waals surface area contributed by atoms with Crippen LogP contribution in [0.1, 0.15) is 44.7 Å². The van der Waals surface area contributed by atoms with Crippen molar-refractivity contribution in [1.82, 2.24) is 14.6 Å². The van der Waals surface area contributed by atoms with Crippen LogP contribution in [0.25, 0.3) is 4.96 Å². The molecule has 2 heterocycles. The summed E-state index contributed by atoms with van der Waals surface area (Å²) in [5, 5.41) is 18.2. The monoisotopic (exact) mass is 322 g/mol. The number of hydrogen-bond donors (Lipinski definition) is 2. The van der Waals surface area contributed by atoms with Crippen LogP contribution in [0.2, 0.25) is 0 Å². The van der Waals surface area contributed by atoms with Crippen molar-refractivity contribution in [1.29, 1.82) is 0 Å². The standard InChI is InChI=1S/C15H22N4O2S/c1-2-5-11-8-13(21)19-15(17-11)22-14(18-19)16-9-12(20)10-6-3-4-7-10/h8,10,12,20H,2-7,9H2,1H3,(H,16,18). The van der Waals surface area contributed by atoms with Gasteiger partial charge in [0.05, 0.1) is 6.10 Å². The molecule has 0 amide bonds. The molecule has 2 aromatic heterocycles. The Bertz CT molecular complexity index is 690. The number of fused-ring (bicyclic) bond motifs is 1. The molecule has 0 bridgehead atoms. The topological polar surface area (TPSA) is 79.5 Å². The molecular weight excluding hydrogens is 300 g/mol. The first-order chi connectivity index (χ1) is 10.7. The largest absolute Gasteiger partial charge is 0.391 e. The predicted octanol–water partition coefficient (Wildman–Crippen LogP) is 2.07. The van der Waals surface area contributed by atoms with Crippen LogP contribution in [0.3, 0.4) is 0 Å². The van der Waals surface area contributed by atoms with Crippen molar-refractivity contribution in [3.05, 3.63) is 22.1 Å². The van der Waals surface area contributed by atoms with Gasteiger partial charge >= 0.3 is 0 Å². The van der Waals surface area contributed by atoms with Gasteiger partial charge in [-0.3, -0.25) is 4.79 Å². The number of hydrogen-bond acceptors (Lipinski definition) is 6. The molecule has 0 saturated heterocycles. The van der Waals surface area contributed by atoms with Gasteiger partial charge in [0.25, 0.3) is 5.56 Å².